The molecular formula is C14H23N3. The summed E-state index contributed by atoms with van der Waals surface area (Å²) < 4.78 is 0. The number of nitrogens with one attached hydrogen (secondary N) is 2. The van der Waals surface area contributed by atoms with Crippen LogP contribution >= 0.6 is 0 Å². The molecule has 0 spiro atoms. The van der Waals surface area contributed by atoms with Gasteiger partial charge < -0.3 is 10.6 Å². The second-order valence-electron chi connectivity index (χ2n) is 4.99. The van der Waals surface area contributed by atoms with Crippen molar-refractivity contribution in [2.75, 3.05) is 6.54 Å². The lowest BCUT2D eigenvalue weighted by atomic mass is 9.99. The Labute approximate surface area is 104 Å². The van der Waals surface area contributed by atoms with Gasteiger partial charge in [-0.05, 0) is 44.9 Å². The van der Waals surface area contributed by atoms with Gasteiger partial charge in [0.25, 0.3) is 0 Å². The van der Waals surface area contributed by atoms with Gasteiger partial charge in [0, 0.05) is 24.8 Å². The zero-order valence-corrected chi connectivity index (χ0v) is 10.7. The summed E-state index contributed by atoms with van der Waals surface area (Å²) in [7, 11) is 0. The third-order valence-corrected chi connectivity index (χ3v) is 3.41. The van der Waals surface area contributed by atoms with Gasteiger partial charge in [0.1, 0.15) is 0 Å². The van der Waals surface area contributed by atoms with E-state index in [9.17, 15) is 0 Å². The molecule has 1 aliphatic rings. The Kier molecular flexibility index (Phi) is 4.95. The number of rotatable bonds is 5. The minimum absolute atomic E-state index is 0.549. The first-order valence-corrected chi connectivity index (χ1v) is 6.71. The van der Waals surface area contributed by atoms with Crippen LogP contribution in [0.15, 0.2) is 24.4 Å². The molecule has 2 N–H and O–H groups in total. The standard InChI is InChI=1S/C14H23N3/c1-12(10-13-6-2-4-8-15-13)17-11-14-7-3-5-9-16-14/h3,5,7,9,12-13,15,17H,2,4,6,8,10-11H2,1H3. The maximum absolute atomic E-state index is 4.32. The van der Waals surface area contributed by atoms with E-state index in [1.807, 2.05) is 18.3 Å². The molecule has 2 heterocycles. The molecular weight excluding hydrogens is 210 g/mol. The summed E-state index contributed by atoms with van der Waals surface area (Å²) in [5, 5.41) is 7.14. The van der Waals surface area contributed by atoms with Gasteiger partial charge in [-0.25, -0.2) is 0 Å². The minimum Gasteiger partial charge on any atom is -0.314 e. The van der Waals surface area contributed by atoms with E-state index in [1.54, 1.807) is 0 Å². The quantitative estimate of drug-likeness (QED) is 0.817. The predicted molar refractivity (Wildman–Crippen MR) is 70.8 cm³/mol. The summed E-state index contributed by atoms with van der Waals surface area (Å²) >= 11 is 0. The Bertz CT molecular complexity index is 307. The van der Waals surface area contributed by atoms with E-state index in [-0.39, 0.29) is 0 Å². The number of nitrogens with zero attached hydrogens (tertiary/aromatic N) is 1. The molecule has 94 valence electrons. The molecule has 0 aliphatic carbocycles. The van der Waals surface area contributed by atoms with Crippen LogP contribution in [0.5, 0.6) is 0 Å². The van der Waals surface area contributed by atoms with Crippen molar-refractivity contribution in [2.45, 2.75) is 51.2 Å². The summed E-state index contributed by atoms with van der Waals surface area (Å²) in [6.45, 7) is 4.32. The highest BCUT2D eigenvalue weighted by Crippen LogP contribution is 2.11. The average Bonchev–Trinajstić information content (AvgIpc) is 2.39. The van der Waals surface area contributed by atoms with Gasteiger partial charge in [-0.1, -0.05) is 12.5 Å². The molecule has 1 saturated heterocycles. The average molecular weight is 233 g/mol. The van der Waals surface area contributed by atoms with Crippen molar-refractivity contribution >= 4 is 0 Å². The molecule has 0 radical (unpaired) electrons. The van der Waals surface area contributed by atoms with E-state index in [1.165, 1.54) is 32.2 Å². The molecule has 2 atom stereocenters. The molecule has 0 saturated carbocycles. The molecule has 0 amide bonds. The lowest BCUT2D eigenvalue weighted by molar-refractivity contribution is 0.344. The monoisotopic (exact) mass is 233 g/mol. The number of hydrogen-bond acceptors (Lipinski definition) is 3. The molecule has 2 unspecified atom stereocenters. The van der Waals surface area contributed by atoms with Gasteiger partial charge in [-0.2, -0.15) is 0 Å². The maximum Gasteiger partial charge on any atom is 0.0541 e. The number of aromatic nitrogens is 1. The Morgan fingerprint density at radius 3 is 3.12 bits per heavy atom. The van der Waals surface area contributed by atoms with E-state index in [2.05, 4.69) is 28.6 Å². The molecule has 1 aromatic heterocycles. The fourth-order valence-corrected chi connectivity index (χ4v) is 2.42. The Morgan fingerprint density at radius 1 is 1.47 bits per heavy atom. The van der Waals surface area contributed by atoms with Gasteiger partial charge in [-0.3, -0.25) is 4.98 Å². The third kappa shape index (κ3) is 4.44. The SMILES string of the molecule is CC(CC1CCCCN1)NCc1ccccn1. The van der Waals surface area contributed by atoms with Gasteiger partial charge in [0.05, 0.1) is 5.69 Å². The number of pyridine rings is 1. The van der Waals surface area contributed by atoms with Crippen LogP contribution in [0.3, 0.4) is 0 Å². The summed E-state index contributed by atoms with van der Waals surface area (Å²) in [5.74, 6) is 0. The zero-order valence-electron chi connectivity index (χ0n) is 10.7. The largest absolute Gasteiger partial charge is 0.314 e. The highest BCUT2D eigenvalue weighted by atomic mass is 15.0. The molecule has 17 heavy (non-hydrogen) atoms. The summed E-state index contributed by atoms with van der Waals surface area (Å²) in [6, 6.07) is 7.32. The van der Waals surface area contributed by atoms with E-state index in [0.29, 0.717) is 12.1 Å². The minimum atomic E-state index is 0.549. The van der Waals surface area contributed by atoms with Crippen LogP contribution < -0.4 is 10.6 Å². The maximum atomic E-state index is 4.32. The second kappa shape index (κ2) is 6.72. The lowest BCUT2D eigenvalue weighted by Crippen LogP contribution is -2.39. The van der Waals surface area contributed by atoms with Crippen molar-refractivity contribution in [1.29, 1.82) is 0 Å². The molecule has 1 aromatic rings. The van der Waals surface area contributed by atoms with Crippen molar-refractivity contribution in [3.63, 3.8) is 0 Å². The molecule has 1 fully saturated rings. The second-order valence-corrected chi connectivity index (χ2v) is 4.99. The van der Waals surface area contributed by atoms with Crippen LogP contribution in [0.4, 0.5) is 0 Å². The fraction of sp³-hybridized carbons (Fsp3) is 0.643. The molecule has 3 heteroatoms. The van der Waals surface area contributed by atoms with Crippen molar-refractivity contribution in [2.24, 2.45) is 0 Å². The van der Waals surface area contributed by atoms with Gasteiger partial charge in [0.2, 0.25) is 0 Å². The Balaban J connectivity index is 1.68. The first kappa shape index (κ1) is 12.5. The van der Waals surface area contributed by atoms with Crippen molar-refractivity contribution in [3.8, 4) is 0 Å². The van der Waals surface area contributed by atoms with Crippen LogP contribution in [0.2, 0.25) is 0 Å². The fourth-order valence-electron chi connectivity index (χ4n) is 2.42. The van der Waals surface area contributed by atoms with E-state index in [0.717, 1.165) is 12.2 Å². The summed E-state index contributed by atoms with van der Waals surface area (Å²) in [5.41, 5.74) is 1.12. The summed E-state index contributed by atoms with van der Waals surface area (Å²) in [4.78, 5) is 4.32. The highest BCUT2D eigenvalue weighted by molar-refractivity contribution is 5.03. The van der Waals surface area contributed by atoms with Crippen molar-refractivity contribution in [1.82, 2.24) is 15.6 Å². The Morgan fingerprint density at radius 2 is 2.41 bits per heavy atom. The van der Waals surface area contributed by atoms with E-state index < -0.39 is 0 Å². The number of piperidine rings is 1. The van der Waals surface area contributed by atoms with E-state index >= 15 is 0 Å². The predicted octanol–water partition coefficient (Wildman–Crippen LogP) is 2.09. The highest BCUT2D eigenvalue weighted by Gasteiger charge is 2.15. The summed E-state index contributed by atoms with van der Waals surface area (Å²) in [6.07, 6.45) is 7.11. The van der Waals surface area contributed by atoms with Crippen LogP contribution in [0, 0.1) is 0 Å². The molecule has 0 bridgehead atoms. The molecule has 0 aromatic carbocycles. The smallest absolute Gasteiger partial charge is 0.0541 e. The van der Waals surface area contributed by atoms with Gasteiger partial charge >= 0.3 is 0 Å². The van der Waals surface area contributed by atoms with Gasteiger partial charge in [-0.15, -0.1) is 0 Å². The van der Waals surface area contributed by atoms with Crippen LogP contribution in [0.1, 0.15) is 38.3 Å². The van der Waals surface area contributed by atoms with Crippen LogP contribution in [-0.2, 0) is 6.54 Å². The first-order valence-electron chi connectivity index (χ1n) is 6.71. The van der Waals surface area contributed by atoms with Crippen molar-refractivity contribution < 1.29 is 0 Å². The van der Waals surface area contributed by atoms with Crippen molar-refractivity contribution in [3.05, 3.63) is 30.1 Å². The van der Waals surface area contributed by atoms with Gasteiger partial charge in [0.15, 0.2) is 0 Å². The molecule has 3 nitrogen and oxygen atoms in total. The van der Waals surface area contributed by atoms with Crippen LogP contribution in [-0.4, -0.2) is 23.6 Å². The normalized spacial score (nSPS) is 22.3. The lowest BCUT2D eigenvalue weighted by Gasteiger charge is -2.26. The topological polar surface area (TPSA) is 37.0 Å². The zero-order chi connectivity index (χ0) is 11.9. The molecule has 1 aliphatic heterocycles. The Hall–Kier alpha value is -0.930. The first-order chi connectivity index (χ1) is 8.34. The number of hydrogen-bond donors (Lipinski definition) is 2. The third-order valence-electron chi connectivity index (χ3n) is 3.41. The van der Waals surface area contributed by atoms with Crippen LogP contribution in [0.25, 0.3) is 0 Å². The van der Waals surface area contributed by atoms with E-state index in [4.69, 9.17) is 0 Å². The molecule has 2 rings (SSSR count).